The second kappa shape index (κ2) is 6.07. The number of carbonyl (C=O) groups excluding carboxylic acids is 1. The lowest BCUT2D eigenvalue weighted by Gasteiger charge is -2.18. The molecular formula is C18H23N3O2. The maximum atomic E-state index is 12.1. The lowest BCUT2D eigenvalue weighted by atomic mass is 10.1. The Labute approximate surface area is 136 Å². The predicted octanol–water partition coefficient (Wildman–Crippen LogP) is 3.06. The molecule has 1 amide bonds. The van der Waals surface area contributed by atoms with Crippen molar-refractivity contribution in [3.63, 3.8) is 0 Å². The fourth-order valence-electron chi connectivity index (χ4n) is 2.85. The van der Waals surface area contributed by atoms with Crippen LogP contribution in [-0.4, -0.2) is 36.4 Å². The van der Waals surface area contributed by atoms with Gasteiger partial charge in [0.25, 0.3) is 5.91 Å². The molecule has 122 valence electrons. The van der Waals surface area contributed by atoms with E-state index in [4.69, 9.17) is 4.42 Å². The van der Waals surface area contributed by atoms with Crippen molar-refractivity contribution < 1.29 is 9.21 Å². The van der Waals surface area contributed by atoms with Crippen LogP contribution in [0.5, 0.6) is 0 Å². The number of nitrogens with zero attached hydrogens (tertiary/aromatic N) is 3. The number of oxazole rings is 1. The molecule has 1 aromatic carbocycles. The Bertz CT molecular complexity index is 719. The average molecular weight is 313 g/mol. The molecule has 0 unspecified atom stereocenters. The van der Waals surface area contributed by atoms with Gasteiger partial charge in [-0.2, -0.15) is 0 Å². The van der Waals surface area contributed by atoms with Gasteiger partial charge in [-0.3, -0.25) is 4.79 Å². The lowest BCUT2D eigenvalue weighted by Crippen LogP contribution is -2.22. The number of rotatable bonds is 4. The SMILES string of the molecule is CC(C)c1cnc(CN2CCc3cc(C(=O)N(C)C)ccc32)o1. The summed E-state index contributed by atoms with van der Waals surface area (Å²) in [5.74, 6) is 2.06. The Morgan fingerprint density at radius 3 is 2.83 bits per heavy atom. The maximum Gasteiger partial charge on any atom is 0.253 e. The molecule has 2 aromatic rings. The van der Waals surface area contributed by atoms with Crippen molar-refractivity contribution in [2.75, 3.05) is 25.5 Å². The minimum Gasteiger partial charge on any atom is -0.444 e. The number of fused-ring (bicyclic) bond motifs is 1. The normalized spacial score (nSPS) is 13.5. The van der Waals surface area contributed by atoms with Gasteiger partial charge in [-0.15, -0.1) is 0 Å². The number of aromatic nitrogens is 1. The summed E-state index contributed by atoms with van der Waals surface area (Å²) in [6.07, 6.45) is 2.76. The van der Waals surface area contributed by atoms with Gasteiger partial charge in [0.1, 0.15) is 5.76 Å². The Kier molecular flexibility index (Phi) is 4.11. The van der Waals surface area contributed by atoms with Gasteiger partial charge in [0, 0.05) is 37.8 Å². The summed E-state index contributed by atoms with van der Waals surface area (Å²) in [6, 6.07) is 5.94. The van der Waals surface area contributed by atoms with E-state index < -0.39 is 0 Å². The van der Waals surface area contributed by atoms with E-state index in [0.29, 0.717) is 12.5 Å². The van der Waals surface area contributed by atoms with E-state index in [9.17, 15) is 4.79 Å². The molecule has 0 spiro atoms. The third-order valence-electron chi connectivity index (χ3n) is 4.19. The van der Waals surface area contributed by atoms with Gasteiger partial charge in [0.15, 0.2) is 0 Å². The molecular weight excluding hydrogens is 290 g/mol. The van der Waals surface area contributed by atoms with Crippen molar-refractivity contribution in [2.24, 2.45) is 0 Å². The van der Waals surface area contributed by atoms with Crippen LogP contribution >= 0.6 is 0 Å². The van der Waals surface area contributed by atoms with Crippen LogP contribution in [-0.2, 0) is 13.0 Å². The number of hydrogen-bond donors (Lipinski definition) is 0. The van der Waals surface area contributed by atoms with Gasteiger partial charge in [0.2, 0.25) is 5.89 Å². The molecule has 0 saturated heterocycles. The second-order valence-corrected chi connectivity index (χ2v) is 6.53. The summed E-state index contributed by atoms with van der Waals surface area (Å²) in [7, 11) is 3.55. The summed E-state index contributed by atoms with van der Waals surface area (Å²) in [4.78, 5) is 20.3. The molecule has 0 N–H and O–H groups in total. The van der Waals surface area contributed by atoms with E-state index in [0.717, 1.165) is 30.2 Å². The van der Waals surface area contributed by atoms with Crippen molar-refractivity contribution in [2.45, 2.75) is 32.7 Å². The highest BCUT2D eigenvalue weighted by atomic mass is 16.4. The fourth-order valence-corrected chi connectivity index (χ4v) is 2.85. The molecule has 3 rings (SSSR count). The summed E-state index contributed by atoms with van der Waals surface area (Å²) >= 11 is 0. The lowest BCUT2D eigenvalue weighted by molar-refractivity contribution is 0.0827. The van der Waals surface area contributed by atoms with Gasteiger partial charge >= 0.3 is 0 Å². The van der Waals surface area contributed by atoms with Gasteiger partial charge in [0.05, 0.1) is 12.7 Å². The number of amides is 1. The van der Waals surface area contributed by atoms with E-state index in [-0.39, 0.29) is 5.91 Å². The molecule has 5 heteroatoms. The van der Waals surface area contributed by atoms with Crippen LogP contribution in [0, 0.1) is 0 Å². The van der Waals surface area contributed by atoms with E-state index >= 15 is 0 Å². The first-order valence-electron chi connectivity index (χ1n) is 8.00. The Hall–Kier alpha value is -2.30. The topological polar surface area (TPSA) is 49.6 Å². The highest BCUT2D eigenvalue weighted by molar-refractivity contribution is 5.94. The highest BCUT2D eigenvalue weighted by Crippen LogP contribution is 2.30. The van der Waals surface area contributed by atoms with Crippen LogP contribution in [0.25, 0.3) is 0 Å². The molecule has 0 aliphatic carbocycles. The second-order valence-electron chi connectivity index (χ2n) is 6.53. The quantitative estimate of drug-likeness (QED) is 0.870. The third-order valence-corrected chi connectivity index (χ3v) is 4.19. The number of benzene rings is 1. The smallest absolute Gasteiger partial charge is 0.253 e. The zero-order chi connectivity index (χ0) is 16.6. The number of anilines is 1. The fraction of sp³-hybridized carbons (Fsp3) is 0.444. The Morgan fingerprint density at radius 1 is 1.39 bits per heavy atom. The minimum atomic E-state index is 0.0422. The minimum absolute atomic E-state index is 0.0422. The first kappa shape index (κ1) is 15.6. The summed E-state index contributed by atoms with van der Waals surface area (Å²) in [6.45, 7) is 5.78. The van der Waals surface area contributed by atoms with E-state index in [1.165, 1.54) is 11.3 Å². The number of carbonyl (C=O) groups is 1. The highest BCUT2D eigenvalue weighted by Gasteiger charge is 2.22. The van der Waals surface area contributed by atoms with E-state index in [2.05, 4.69) is 23.7 Å². The molecule has 1 aromatic heterocycles. The largest absolute Gasteiger partial charge is 0.444 e. The third kappa shape index (κ3) is 3.09. The molecule has 0 fully saturated rings. The first-order valence-corrected chi connectivity index (χ1v) is 8.00. The Balaban J connectivity index is 1.77. The summed E-state index contributed by atoms with van der Waals surface area (Å²) in [5.41, 5.74) is 3.13. The molecule has 0 saturated carbocycles. The average Bonchev–Trinajstić information content (AvgIpc) is 3.14. The van der Waals surface area contributed by atoms with Gasteiger partial charge in [-0.05, 0) is 30.2 Å². The number of hydrogen-bond acceptors (Lipinski definition) is 4. The zero-order valence-electron chi connectivity index (χ0n) is 14.2. The predicted molar refractivity (Wildman–Crippen MR) is 89.8 cm³/mol. The molecule has 0 atom stereocenters. The maximum absolute atomic E-state index is 12.1. The van der Waals surface area contributed by atoms with E-state index in [1.807, 2.05) is 24.4 Å². The zero-order valence-corrected chi connectivity index (χ0v) is 14.2. The molecule has 0 radical (unpaired) electrons. The van der Waals surface area contributed by atoms with Crippen molar-refractivity contribution in [3.8, 4) is 0 Å². The Morgan fingerprint density at radius 2 is 2.17 bits per heavy atom. The van der Waals surface area contributed by atoms with Crippen molar-refractivity contribution in [1.29, 1.82) is 0 Å². The van der Waals surface area contributed by atoms with Gasteiger partial charge in [-0.25, -0.2) is 4.98 Å². The summed E-state index contributed by atoms with van der Waals surface area (Å²) in [5, 5.41) is 0. The van der Waals surface area contributed by atoms with Crippen LogP contribution in [0.2, 0.25) is 0 Å². The molecule has 1 aliphatic rings. The molecule has 0 bridgehead atoms. The monoisotopic (exact) mass is 313 g/mol. The molecule has 2 heterocycles. The van der Waals surface area contributed by atoms with Crippen LogP contribution < -0.4 is 4.90 Å². The standard InChI is InChI=1S/C18H23N3O2/c1-12(2)16-10-19-17(23-16)11-21-8-7-13-9-14(5-6-15(13)21)18(22)20(3)4/h5-6,9-10,12H,7-8,11H2,1-4H3. The van der Waals surface area contributed by atoms with Crippen molar-refractivity contribution in [1.82, 2.24) is 9.88 Å². The van der Waals surface area contributed by atoms with Crippen LogP contribution in [0.1, 0.15) is 47.3 Å². The van der Waals surface area contributed by atoms with Gasteiger partial charge in [-0.1, -0.05) is 13.8 Å². The van der Waals surface area contributed by atoms with Crippen LogP contribution in [0.3, 0.4) is 0 Å². The molecule has 23 heavy (non-hydrogen) atoms. The molecule has 5 nitrogen and oxygen atoms in total. The van der Waals surface area contributed by atoms with Crippen molar-refractivity contribution in [3.05, 3.63) is 47.2 Å². The van der Waals surface area contributed by atoms with Crippen LogP contribution in [0.4, 0.5) is 5.69 Å². The van der Waals surface area contributed by atoms with E-state index in [1.54, 1.807) is 19.0 Å². The van der Waals surface area contributed by atoms with Crippen LogP contribution in [0.15, 0.2) is 28.8 Å². The first-order chi connectivity index (χ1) is 11.0. The molecule has 1 aliphatic heterocycles. The van der Waals surface area contributed by atoms with Gasteiger partial charge < -0.3 is 14.2 Å². The van der Waals surface area contributed by atoms with Crippen molar-refractivity contribution >= 4 is 11.6 Å². The summed E-state index contributed by atoms with van der Waals surface area (Å²) < 4.78 is 5.80.